The van der Waals surface area contributed by atoms with E-state index >= 15 is 0 Å². The topological polar surface area (TPSA) is 110 Å². The summed E-state index contributed by atoms with van der Waals surface area (Å²) in [6.07, 6.45) is 0.857. The maximum absolute atomic E-state index is 12.8. The van der Waals surface area contributed by atoms with E-state index < -0.39 is 20.0 Å². The van der Waals surface area contributed by atoms with Gasteiger partial charge in [-0.15, -0.1) is 0 Å². The molecule has 8 nitrogen and oxygen atoms in total. The number of benzene rings is 2. The smallest absolute Gasteiger partial charge is 0.243 e. The predicted octanol–water partition coefficient (Wildman–Crippen LogP) is 1.42. The Labute approximate surface area is 178 Å². The predicted molar refractivity (Wildman–Crippen MR) is 114 cm³/mol. The Morgan fingerprint density at radius 3 is 2.10 bits per heavy atom. The van der Waals surface area contributed by atoms with E-state index in [9.17, 15) is 16.8 Å². The Kier molecular flexibility index (Phi) is 7.14. The SMILES string of the molecule is Cc1ccccc1OCCCN1CCN(S(=O)(=O)c2ccc(S(N)(=O)=O)cc2)CC1. The van der Waals surface area contributed by atoms with Crippen molar-refractivity contribution in [2.45, 2.75) is 23.1 Å². The minimum atomic E-state index is -3.85. The average molecular weight is 454 g/mol. The van der Waals surface area contributed by atoms with E-state index in [2.05, 4.69) is 4.90 Å². The maximum atomic E-state index is 12.8. The summed E-state index contributed by atoms with van der Waals surface area (Å²) in [6, 6.07) is 12.9. The number of hydrogen-bond donors (Lipinski definition) is 1. The van der Waals surface area contributed by atoms with Crippen molar-refractivity contribution in [3.63, 3.8) is 0 Å². The van der Waals surface area contributed by atoms with Gasteiger partial charge in [-0.25, -0.2) is 22.0 Å². The van der Waals surface area contributed by atoms with E-state index in [0.29, 0.717) is 32.8 Å². The summed E-state index contributed by atoms with van der Waals surface area (Å²) >= 11 is 0. The Hall–Kier alpha value is -1.98. The molecule has 2 aromatic rings. The van der Waals surface area contributed by atoms with Gasteiger partial charge in [0.25, 0.3) is 0 Å². The molecule has 0 atom stereocenters. The first-order valence-electron chi connectivity index (χ1n) is 9.72. The third-order valence-electron chi connectivity index (χ3n) is 5.09. The zero-order valence-electron chi connectivity index (χ0n) is 16.9. The number of piperazine rings is 1. The largest absolute Gasteiger partial charge is 0.493 e. The molecular weight excluding hydrogens is 426 g/mol. The Morgan fingerprint density at radius 2 is 1.50 bits per heavy atom. The molecule has 1 aliphatic heterocycles. The lowest BCUT2D eigenvalue weighted by Crippen LogP contribution is -2.48. The van der Waals surface area contributed by atoms with Crippen LogP contribution in [0.1, 0.15) is 12.0 Å². The molecule has 0 aromatic heterocycles. The van der Waals surface area contributed by atoms with Crippen molar-refractivity contribution < 1.29 is 21.6 Å². The number of primary sulfonamides is 1. The van der Waals surface area contributed by atoms with E-state index in [4.69, 9.17) is 9.88 Å². The van der Waals surface area contributed by atoms with Gasteiger partial charge in [0.1, 0.15) is 5.75 Å². The van der Waals surface area contributed by atoms with E-state index in [1.54, 1.807) is 0 Å². The van der Waals surface area contributed by atoms with Crippen LogP contribution in [0.25, 0.3) is 0 Å². The fourth-order valence-electron chi connectivity index (χ4n) is 3.33. The molecule has 1 fully saturated rings. The second-order valence-electron chi connectivity index (χ2n) is 7.23. The number of nitrogens with zero attached hydrogens (tertiary/aromatic N) is 2. The van der Waals surface area contributed by atoms with Gasteiger partial charge in [-0.2, -0.15) is 4.31 Å². The average Bonchev–Trinajstić information content (AvgIpc) is 2.72. The van der Waals surface area contributed by atoms with Gasteiger partial charge in [-0.05, 0) is 49.2 Å². The summed E-state index contributed by atoms with van der Waals surface area (Å²) < 4.78 is 55.5. The zero-order chi connectivity index (χ0) is 21.8. The molecule has 3 rings (SSSR count). The summed E-state index contributed by atoms with van der Waals surface area (Å²) in [6.45, 7) is 5.51. The van der Waals surface area contributed by atoms with Gasteiger partial charge in [0.15, 0.2) is 0 Å². The lowest BCUT2D eigenvalue weighted by Gasteiger charge is -2.34. The van der Waals surface area contributed by atoms with Gasteiger partial charge in [0, 0.05) is 32.7 Å². The molecule has 0 amide bonds. The second kappa shape index (κ2) is 9.44. The highest BCUT2D eigenvalue weighted by molar-refractivity contribution is 7.89. The first kappa shape index (κ1) is 22.7. The van der Waals surface area contributed by atoms with Crippen LogP contribution in [0.5, 0.6) is 5.75 Å². The summed E-state index contributed by atoms with van der Waals surface area (Å²) in [5.41, 5.74) is 1.11. The van der Waals surface area contributed by atoms with Crippen molar-refractivity contribution in [2.75, 3.05) is 39.3 Å². The molecule has 1 saturated heterocycles. The summed E-state index contributed by atoms with van der Waals surface area (Å²) in [5, 5.41) is 5.06. The van der Waals surface area contributed by atoms with Crippen LogP contribution in [0.4, 0.5) is 0 Å². The minimum Gasteiger partial charge on any atom is -0.493 e. The molecule has 1 heterocycles. The van der Waals surface area contributed by atoms with Gasteiger partial charge in [0.05, 0.1) is 16.4 Å². The van der Waals surface area contributed by atoms with Crippen molar-refractivity contribution in [2.24, 2.45) is 5.14 Å². The zero-order valence-corrected chi connectivity index (χ0v) is 18.5. The fraction of sp³-hybridized carbons (Fsp3) is 0.400. The highest BCUT2D eigenvalue weighted by atomic mass is 32.2. The standard InChI is InChI=1S/C20H27N3O5S2/c1-17-5-2-3-6-20(17)28-16-4-11-22-12-14-23(15-13-22)30(26,27)19-9-7-18(8-10-19)29(21,24)25/h2-3,5-10H,4,11-16H2,1H3,(H2,21,24,25). The molecule has 30 heavy (non-hydrogen) atoms. The van der Waals surface area contributed by atoms with Crippen LogP contribution in [0.3, 0.4) is 0 Å². The minimum absolute atomic E-state index is 0.0648. The number of hydrogen-bond acceptors (Lipinski definition) is 6. The quantitative estimate of drug-likeness (QED) is 0.606. The second-order valence-corrected chi connectivity index (χ2v) is 10.7. The van der Waals surface area contributed by atoms with Crippen LogP contribution in [0.15, 0.2) is 58.3 Å². The number of ether oxygens (including phenoxy) is 1. The Morgan fingerprint density at radius 1 is 0.900 bits per heavy atom. The Bertz CT molecular complexity index is 1060. The fourth-order valence-corrected chi connectivity index (χ4v) is 5.27. The number of para-hydroxylation sites is 1. The van der Waals surface area contributed by atoms with Crippen LogP contribution in [-0.4, -0.2) is 65.4 Å². The Balaban J connectivity index is 1.48. The highest BCUT2D eigenvalue weighted by Crippen LogP contribution is 2.20. The van der Waals surface area contributed by atoms with Gasteiger partial charge in [-0.1, -0.05) is 18.2 Å². The van der Waals surface area contributed by atoms with Crippen molar-refractivity contribution >= 4 is 20.0 Å². The molecule has 1 aliphatic rings. The molecule has 2 N–H and O–H groups in total. The van der Waals surface area contributed by atoms with Crippen LogP contribution in [0, 0.1) is 6.92 Å². The molecule has 0 saturated carbocycles. The van der Waals surface area contributed by atoms with Crippen molar-refractivity contribution in [3.8, 4) is 5.75 Å². The summed E-state index contributed by atoms with van der Waals surface area (Å²) in [5.74, 6) is 0.891. The van der Waals surface area contributed by atoms with E-state index in [-0.39, 0.29) is 9.79 Å². The van der Waals surface area contributed by atoms with Gasteiger partial charge < -0.3 is 9.64 Å². The van der Waals surface area contributed by atoms with Crippen LogP contribution < -0.4 is 9.88 Å². The molecule has 0 aliphatic carbocycles. The number of sulfonamides is 2. The number of nitrogens with two attached hydrogens (primary N) is 1. The normalized spacial score (nSPS) is 16.5. The lowest BCUT2D eigenvalue weighted by molar-refractivity contribution is 0.174. The van der Waals surface area contributed by atoms with Gasteiger partial charge in [-0.3, -0.25) is 0 Å². The first-order valence-corrected chi connectivity index (χ1v) is 12.7. The van der Waals surface area contributed by atoms with E-state index in [1.165, 1.54) is 28.6 Å². The van der Waals surface area contributed by atoms with E-state index in [1.807, 2.05) is 31.2 Å². The highest BCUT2D eigenvalue weighted by Gasteiger charge is 2.28. The molecule has 0 radical (unpaired) electrons. The molecule has 164 valence electrons. The molecular formula is C20H27N3O5S2. The van der Waals surface area contributed by atoms with Crippen LogP contribution in [0.2, 0.25) is 0 Å². The summed E-state index contributed by atoms with van der Waals surface area (Å²) in [7, 11) is -7.52. The molecule has 0 unspecified atom stereocenters. The monoisotopic (exact) mass is 453 g/mol. The number of rotatable bonds is 8. The lowest BCUT2D eigenvalue weighted by atomic mass is 10.2. The van der Waals surface area contributed by atoms with Gasteiger partial charge >= 0.3 is 0 Å². The van der Waals surface area contributed by atoms with Crippen molar-refractivity contribution in [1.29, 1.82) is 0 Å². The van der Waals surface area contributed by atoms with Crippen molar-refractivity contribution in [1.82, 2.24) is 9.21 Å². The summed E-state index contributed by atoms with van der Waals surface area (Å²) in [4.78, 5) is 2.17. The van der Waals surface area contributed by atoms with Gasteiger partial charge in [0.2, 0.25) is 20.0 Å². The molecule has 0 spiro atoms. The maximum Gasteiger partial charge on any atom is 0.243 e. The molecule has 10 heteroatoms. The van der Waals surface area contributed by atoms with Crippen molar-refractivity contribution in [3.05, 3.63) is 54.1 Å². The van der Waals surface area contributed by atoms with E-state index in [0.717, 1.165) is 24.3 Å². The third kappa shape index (κ3) is 5.58. The van der Waals surface area contributed by atoms with Crippen LogP contribution >= 0.6 is 0 Å². The van der Waals surface area contributed by atoms with Crippen LogP contribution in [-0.2, 0) is 20.0 Å². The third-order valence-corrected chi connectivity index (χ3v) is 7.93. The first-order chi connectivity index (χ1) is 14.2. The number of aryl methyl sites for hydroxylation is 1. The molecule has 2 aromatic carbocycles. The molecule has 0 bridgehead atoms.